The van der Waals surface area contributed by atoms with Gasteiger partial charge in [0.2, 0.25) is 0 Å². The smallest absolute Gasteiger partial charge is 0.469 e. The molecule has 5 atom stereocenters. The summed E-state index contributed by atoms with van der Waals surface area (Å²) in [5, 5.41) is 0. The Morgan fingerprint density at radius 3 is 2.64 bits per heavy atom. The molecule has 2 fully saturated rings. The van der Waals surface area contributed by atoms with Crippen molar-refractivity contribution in [3.63, 3.8) is 0 Å². The van der Waals surface area contributed by atoms with E-state index in [1.165, 1.54) is 19.2 Å². The Balaban J connectivity index is 1.59. The van der Waals surface area contributed by atoms with E-state index in [4.69, 9.17) is 4.74 Å². The minimum absolute atomic E-state index is 0.0930. The molecule has 4 rings (SSSR count). The number of carbonyl (C=O) groups excluding carboxylic acids is 2. The van der Waals surface area contributed by atoms with E-state index in [1.54, 1.807) is 6.07 Å². The van der Waals surface area contributed by atoms with Gasteiger partial charge in [0.15, 0.2) is 0 Å². The van der Waals surface area contributed by atoms with Crippen molar-refractivity contribution in [2.45, 2.75) is 63.3 Å². The molecule has 2 saturated carbocycles. The highest BCUT2D eigenvalue weighted by Gasteiger charge is 2.58. The molecule has 3 aliphatic carbocycles. The number of benzene rings is 1. The Labute approximate surface area is 190 Å². The molecule has 3 aliphatic rings. The summed E-state index contributed by atoms with van der Waals surface area (Å²) < 4.78 is 69.8. The summed E-state index contributed by atoms with van der Waals surface area (Å²) in [5.74, 6) is 0.171. The number of halogens is 3. The van der Waals surface area contributed by atoms with Crippen molar-refractivity contribution in [3.05, 3.63) is 29.3 Å². The second-order valence-electron chi connectivity index (χ2n) is 9.64. The fourth-order valence-corrected chi connectivity index (χ4v) is 6.97. The summed E-state index contributed by atoms with van der Waals surface area (Å²) in [6, 6.07) is 4.32. The normalized spacial score (nSPS) is 31.4. The van der Waals surface area contributed by atoms with Crippen LogP contribution in [0.1, 0.15) is 62.5 Å². The van der Waals surface area contributed by atoms with E-state index >= 15 is 0 Å². The Morgan fingerprint density at radius 1 is 1.24 bits per heavy atom. The summed E-state index contributed by atoms with van der Waals surface area (Å²) in [6.45, 7) is 2.03. The molecule has 6 nitrogen and oxygen atoms in total. The highest BCUT2D eigenvalue weighted by Crippen LogP contribution is 2.62. The van der Waals surface area contributed by atoms with Crippen LogP contribution in [0.15, 0.2) is 18.2 Å². The van der Waals surface area contributed by atoms with Gasteiger partial charge in [-0.05, 0) is 79.0 Å². The van der Waals surface area contributed by atoms with Gasteiger partial charge in [0, 0.05) is 18.3 Å². The molecule has 182 valence electrons. The number of hydrogen-bond donors (Lipinski definition) is 0. The average Bonchev–Trinajstić information content (AvgIpc) is 3.00. The summed E-state index contributed by atoms with van der Waals surface area (Å²) in [4.78, 5) is 24.6. The van der Waals surface area contributed by atoms with E-state index in [0.717, 1.165) is 24.0 Å². The van der Waals surface area contributed by atoms with Gasteiger partial charge in [-0.3, -0.25) is 9.59 Å². The number of Topliss-reactive ketones (excluding diaryl/α,β-unsaturated/α-hetero) is 1. The molecule has 1 aromatic rings. The van der Waals surface area contributed by atoms with Gasteiger partial charge < -0.3 is 8.92 Å². The molecule has 0 heterocycles. The minimum atomic E-state index is -5.72. The van der Waals surface area contributed by atoms with Gasteiger partial charge in [-0.15, -0.1) is 0 Å². The highest BCUT2D eigenvalue weighted by atomic mass is 32.2. The average molecular weight is 489 g/mol. The Morgan fingerprint density at radius 2 is 1.97 bits per heavy atom. The van der Waals surface area contributed by atoms with E-state index < -0.39 is 21.0 Å². The van der Waals surface area contributed by atoms with Crippen LogP contribution in [0.25, 0.3) is 0 Å². The topological polar surface area (TPSA) is 86.7 Å². The largest absolute Gasteiger partial charge is 0.534 e. The summed E-state index contributed by atoms with van der Waals surface area (Å²) in [5.41, 5.74) is -4.15. The maximum Gasteiger partial charge on any atom is 0.534 e. The lowest BCUT2D eigenvalue weighted by atomic mass is 9.54. The van der Waals surface area contributed by atoms with Crippen LogP contribution < -0.4 is 4.18 Å². The number of fused-ring (bicyclic) bond motifs is 5. The summed E-state index contributed by atoms with van der Waals surface area (Å²) in [6.07, 6.45) is 4.11. The number of ketones is 1. The summed E-state index contributed by atoms with van der Waals surface area (Å²) in [7, 11) is -4.38. The molecule has 0 unspecified atom stereocenters. The van der Waals surface area contributed by atoms with Gasteiger partial charge in [0.05, 0.1) is 7.11 Å². The first-order chi connectivity index (χ1) is 15.4. The van der Waals surface area contributed by atoms with Crippen molar-refractivity contribution < 1.29 is 40.1 Å². The number of aryl methyl sites for hydroxylation is 1. The van der Waals surface area contributed by atoms with E-state index in [2.05, 4.69) is 4.18 Å². The first-order valence-corrected chi connectivity index (χ1v) is 12.5. The van der Waals surface area contributed by atoms with Crippen LogP contribution in [0, 0.1) is 23.2 Å². The highest BCUT2D eigenvalue weighted by molar-refractivity contribution is 7.88. The molecule has 0 amide bonds. The fraction of sp³-hybridized carbons (Fsp3) is 0.652. The van der Waals surface area contributed by atoms with Crippen LogP contribution in [0.5, 0.6) is 5.75 Å². The number of methoxy groups -OCH3 is 1. The molecule has 0 aromatic heterocycles. The van der Waals surface area contributed by atoms with Crippen LogP contribution in [-0.4, -0.2) is 32.8 Å². The molecule has 1 aromatic carbocycles. The SMILES string of the molecule is COC(=O)CC[C@@H]1CC(=O)[C@@]2(C)CC[C@@H]3c4ccc(OS(=O)(=O)C(F)(F)F)cc4CC[C@H]3[C@H]12. The van der Waals surface area contributed by atoms with Crippen LogP contribution in [0.2, 0.25) is 0 Å². The Hall–Kier alpha value is -2.10. The van der Waals surface area contributed by atoms with E-state index in [0.29, 0.717) is 25.7 Å². The molecule has 33 heavy (non-hydrogen) atoms. The molecule has 10 heteroatoms. The number of carbonyl (C=O) groups is 2. The molecule has 0 N–H and O–H groups in total. The zero-order valence-electron chi connectivity index (χ0n) is 18.5. The maximum atomic E-state index is 13.0. The van der Waals surface area contributed by atoms with Crippen LogP contribution in [0.4, 0.5) is 13.2 Å². The first-order valence-electron chi connectivity index (χ1n) is 11.1. The molecule has 0 saturated heterocycles. The number of rotatable bonds is 5. The number of hydrogen-bond acceptors (Lipinski definition) is 6. The number of ether oxygens (including phenoxy) is 1. The van der Waals surface area contributed by atoms with Crippen molar-refractivity contribution >= 4 is 21.9 Å². The standard InChI is InChI=1S/C23H27F3O6S/c1-22-10-9-17-16-7-5-15(32-33(29,30)23(24,25)26)11-13(16)3-6-18(17)21(22)14(12-19(22)27)4-8-20(28)31-2/h5,7,11,14,17-18,21H,3-4,6,8-10,12H2,1-2H3/t14-,17-,18-,21+,22-/m1/s1. The van der Waals surface area contributed by atoms with Gasteiger partial charge in [-0.2, -0.15) is 21.6 Å². The fourth-order valence-electron chi connectivity index (χ4n) is 6.51. The van der Waals surface area contributed by atoms with E-state index in [9.17, 15) is 31.2 Å². The monoisotopic (exact) mass is 488 g/mol. The first kappa shape index (κ1) is 24.0. The lowest BCUT2D eigenvalue weighted by Crippen LogP contribution is -2.44. The maximum absolute atomic E-state index is 13.0. The van der Waals surface area contributed by atoms with Crippen molar-refractivity contribution in [2.75, 3.05) is 7.11 Å². The molecule has 0 aliphatic heterocycles. The molecular weight excluding hydrogens is 461 g/mol. The van der Waals surface area contributed by atoms with Gasteiger partial charge in [-0.1, -0.05) is 13.0 Å². The van der Waals surface area contributed by atoms with Crippen LogP contribution in [-0.2, 0) is 30.9 Å². The molecule has 0 spiro atoms. The third kappa shape index (κ3) is 4.15. The molecular formula is C23H27F3O6S. The van der Waals surface area contributed by atoms with E-state index in [-0.39, 0.29) is 47.6 Å². The van der Waals surface area contributed by atoms with Crippen molar-refractivity contribution in [2.24, 2.45) is 23.2 Å². The number of alkyl halides is 3. The van der Waals surface area contributed by atoms with Crippen molar-refractivity contribution in [3.8, 4) is 5.75 Å². The third-order valence-electron chi connectivity index (χ3n) is 7.98. The second-order valence-corrected chi connectivity index (χ2v) is 11.2. The van der Waals surface area contributed by atoms with Crippen molar-refractivity contribution in [1.29, 1.82) is 0 Å². The lowest BCUT2D eigenvalue weighted by Gasteiger charge is -2.50. The zero-order valence-corrected chi connectivity index (χ0v) is 19.3. The van der Waals surface area contributed by atoms with Crippen LogP contribution >= 0.6 is 0 Å². The zero-order chi connectivity index (χ0) is 24.2. The van der Waals surface area contributed by atoms with E-state index in [1.807, 2.05) is 6.92 Å². The Kier molecular flexibility index (Phi) is 6.04. The molecule has 0 radical (unpaired) electrons. The Bertz CT molecular complexity index is 1070. The third-order valence-corrected chi connectivity index (χ3v) is 8.96. The second kappa shape index (κ2) is 8.29. The van der Waals surface area contributed by atoms with Crippen LogP contribution in [0.3, 0.4) is 0 Å². The summed E-state index contributed by atoms with van der Waals surface area (Å²) >= 11 is 0. The van der Waals surface area contributed by atoms with Gasteiger partial charge in [-0.25, -0.2) is 0 Å². The van der Waals surface area contributed by atoms with Gasteiger partial charge >= 0.3 is 21.6 Å². The predicted molar refractivity (Wildman–Crippen MR) is 112 cm³/mol. The lowest BCUT2D eigenvalue weighted by molar-refractivity contribution is -0.141. The minimum Gasteiger partial charge on any atom is -0.469 e. The molecule has 0 bridgehead atoms. The van der Waals surface area contributed by atoms with Gasteiger partial charge in [0.25, 0.3) is 0 Å². The van der Waals surface area contributed by atoms with Crippen molar-refractivity contribution in [1.82, 2.24) is 0 Å². The van der Waals surface area contributed by atoms with Gasteiger partial charge in [0.1, 0.15) is 11.5 Å². The number of esters is 1. The quantitative estimate of drug-likeness (QED) is 0.344. The predicted octanol–water partition coefficient (Wildman–Crippen LogP) is 4.52.